The van der Waals surface area contributed by atoms with E-state index in [0.717, 1.165) is 34.6 Å². The molecule has 2 atom stereocenters. The molecule has 34 heavy (non-hydrogen) atoms. The van der Waals surface area contributed by atoms with Crippen LogP contribution in [0, 0.1) is 0 Å². The first-order valence-electron chi connectivity index (χ1n) is 11.0. The summed E-state index contributed by atoms with van der Waals surface area (Å²) in [6.45, 7) is 4.10. The minimum absolute atomic E-state index is 0.00258. The smallest absolute Gasteiger partial charge is 0.214 e. The van der Waals surface area contributed by atoms with E-state index < -0.39 is 6.23 Å². The SMILES string of the molecule is C=CCOc1ccc(C2Oc3c(OC)cccc3C3CC(c4ccc(Cl)cc4)=NN32)cc1OC. The van der Waals surface area contributed by atoms with Gasteiger partial charge in [0.15, 0.2) is 23.0 Å². The number of methoxy groups -OCH3 is 2. The van der Waals surface area contributed by atoms with Crippen LogP contribution in [0.5, 0.6) is 23.0 Å². The van der Waals surface area contributed by atoms with Gasteiger partial charge in [0.1, 0.15) is 6.61 Å². The maximum atomic E-state index is 6.54. The third-order valence-electron chi connectivity index (χ3n) is 6.01. The average Bonchev–Trinajstić information content (AvgIpc) is 3.32. The number of para-hydroxylation sites is 1. The third kappa shape index (κ3) is 3.94. The molecule has 7 heteroatoms. The van der Waals surface area contributed by atoms with E-state index in [1.807, 2.05) is 59.6 Å². The maximum Gasteiger partial charge on any atom is 0.214 e. The number of halogens is 1. The molecular formula is C27H25ClN2O4. The van der Waals surface area contributed by atoms with E-state index in [4.69, 9.17) is 35.6 Å². The lowest BCUT2D eigenvalue weighted by molar-refractivity contribution is -0.0210. The highest BCUT2D eigenvalue weighted by Gasteiger charge is 2.42. The quantitative estimate of drug-likeness (QED) is 0.382. The second kappa shape index (κ2) is 9.31. The van der Waals surface area contributed by atoms with Crippen LogP contribution < -0.4 is 18.9 Å². The summed E-state index contributed by atoms with van der Waals surface area (Å²) in [5, 5.41) is 7.72. The molecule has 2 heterocycles. The van der Waals surface area contributed by atoms with Crippen LogP contribution >= 0.6 is 11.6 Å². The standard InChI is InChI=1S/C27H25ClN2O4/c1-4-14-33-23-13-10-18(15-25(23)32-3)27-30-22(20-6-5-7-24(31-2)26(20)34-27)16-21(29-30)17-8-11-19(28)12-9-17/h4-13,15,22,27H,1,14,16H2,2-3H3. The first kappa shape index (κ1) is 22.2. The maximum absolute atomic E-state index is 6.54. The molecule has 0 saturated heterocycles. The molecule has 0 fully saturated rings. The summed E-state index contributed by atoms with van der Waals surface area (Å²) in [4.78, 5) is 0. The van der Waals surface area contributed by atoms with Crippen molar-refractivity contribution in [3.8, 4) is 23.0 Å². The topological polar surface area (TPSA) is 52.5 Å². The van der Waals surface area contributed by atoms with Crippen molar-refractivity contribution >= 4 is 17.3 Å². The molecule has 174 valence electrons. The van der Waals surface area contributed by atoms with Crippen LogP contribution in [0.1, 0.15) is 35.4 Å². The molecule has 0 bridgehead atoms. The highest BCUT2D eigenvalue weighted by molar-refractivity contribution is 6.30. The molecule has 6 nitrogen and oxygen atoms in total. The van der Waals surface area contributed by atoms with Crippen LogP contribution in [0.25, 0.3) is 0 Å². The summed E-state index contributed by atoms with van der Waals surface area (Å²) in [6.07, 6.45) is 1.96. The molecule has 2 aliphatic rings. The summed E-state index contributed by atoms with van der Waals surface area (Å²) in [6, 6.07) is 19.5. The van der Waals surface area contributed by atoms with Gasteiger partial charge in [-0.1, -0.05) is 48.5 Å². The molecule has 0 amide bonds. The zero-order valence-corrected chi connectivity index (χ0v) is 19.8. The molecule has 0 spiro atoms. The van der Waals surface area contributed by atoms with Crippen molar-refractivity contribution in [3.63, 3.8) is 0 Å². The molecule has 5 rings (SSSR count). The molecule has 3 aromatic carbocycles. The van der Waals surface area contributed by atoms with E-state index in [1.54, 1.807) is 20.3 Å². The van der Waals surface area contributed by atoms with Gasteiger partial charge in [0, 0.05) is 22.6 Å². The number of hydrogen-bond donors (Lipinski definition) is 0. The predicted molar refractivity (Wildman–Crippen MR) is 132 cm³/mol. The number of ether oxygens (including phenoxy) is 4. The Morgan fingerprint density at radius 2 is 1.85 bits per heavy atom. The van der Waals surface area contributed by atoms with Crippen LogP contribution in [-0.2, 0) is 0 Å². The number of benzene rings is 3. The normalized spacial score (nSPS) is 18.3. The van der Waals surface area contributed by atoms with Crippen molar-refractivity contribution in [2.75, 3.05) is 20.8 Å². The lowest BCUT2D eigenvalue weighted by atomic mass is 9.95. The summed E-state index contributed by atoms with van der Waals surface area (Å²) in [5.74, 6) is 2.68. The van der Waals surface area contributed by atoms with Crippen LogP contribution in [-0.4, -0.2) is 31.5 Å². The summed E-state index contributed by atoms with van der Waals surface area (Å²) in [5.41, 5.74) is 3.95. The molecule has 0 N–H and O–H groups in total. The monoisotopic (exact) mass is 476 g/mol. The van der Waals surface area contributed by atoms with Gasteiger partial charge in [-0.3, -0.25) is 0 Å². The fourth-order valence-corrected chi connectivity index (χ4v) is 4.51. The van der Waals surface area contributed by atoms with E-state index >= 15 is 0 Å². The second-order valence-corrected chi connectivity index (χ2v) is 8.45. The molecule has 2 unspecified atom stereocenters. The molecule has 0 saturated carbocycles. The molecule has 2 aliphatic heterocycles. The molecule has 0 radical (unpaired) electrons. The van der Waals surface area contributed by atoms with Crippen LogP contribution in [0.15, 0.2) is 78.4 Å². The van der Waals surface area contributed by atoms with Gasteiger partial charge in [-0.2, -0.15) is 5.10 Å². The highest BCUT2D eigenvalue weighted by atomic mass is 35.5. The second-order valence-electron chi connectivity index (χ2n) is 8.01. The fraction of sp³-hybridized carbons (Fsp3) is 0.222. The highest BCUT2D eigenvalue weighted by Crippen LogP contribution is 2.51. The number of nitrogens with zero attached hydrogens (tertiary/aromatic N) is 2. The summed E-state index contributed by atoms with van der Waals surface area (Å²) < 4.78 is 23.5. The van der Waals surface area contributed by atoms with Crippen molar-refractivity contribution in [1.29, 1.82) is 0 Å². The summed E-state index contributed by atoms with van der Waals surface area (Å²) >= 11 is 6.11. The van der Waals surface area contributed by atoms with Gasteiger partial charge in [-0.25, -0.2) is 5.01 Å². The van der Waals surface area contributed by atoms with Gasteiger partial charge in [0.25, 0.3) is 0 Å². The van der Waals surface area contributed by atoms with Crippen LogP contribution in [0.4, 0.5) is 0 Å². The zero-order valence-electron chi connectivity index (χ0n) is 19.0. The van der Waals surface area contributed by atoms with Gasteiger partial charge in [-0.15, -0.1) is 0 Å². The Balaban J connectivity index is 1.58. The van der Waals surface area contributed by atoms with Gasteiger partial charge >= 0.3 is 0 Å². The van der Waals surface area contributed by atoms with Crippen molar-refractivity contribution in [2.24, 2.45) is 5.10 Å². The number of fused-ring (bicyclic) bond motifs is 3. The Labute approximate surface area is 204 Å². The first-order valence-corrected chi connectivity index (χ1v) is 11.4. The van der Waals surface area contributed by atoms with Crippen molar-refractivity contribution in [2.45, 2.75) is 18.7 Å². The van der Waals surface area contributed by atoms with Gasteiger partial charge in [0.2, 0.25) is 6.23 Å². The Morgan fingerprint density at radius 3 is 2.59 bits per heavy atom. The van der Waals surface area contributed by atoms with E-state index in [0.29, 0.717) is 28.9 Å². The Kier molecular flexibility index (Phi) is 6.07. The van der Waals surface area contributed by atoms with E-state index in [1.165, 1.54) is 0 Å². The van der Waals surface area contributed by atoms with Gasteiger partial charge in [-0.05, 0) is 42.0 Å². The lowest BCUT2D eigenvalue weighted by Crippen LogP contribution is -2.33. The molecule has 3 aromatic rings. The van der Waals surface area contributed by atoms with E-state index in [-0.39, 0.29) is 6.04 Å². The summed E-state index contributed by atoms with van der Waals surface area (Å²) in [7, 11) is 3.27. The predicted octanol–water partition coefficient (Wildman–Crippen LogP) is 6.16. The number of hydrazone groups is 1. The van der Waals surface area contributed by atoms with Crippen molar-refractivity contribution in [1.82, 2.24) is 5.01 Å². The number of hydrogen-bond acceptors (Lipinski definition) is 6. The third-order valence-corrected chi connectivity index (χ3v) is 6.26. The van der Waals surface area contributed by atoms with E-state index in [2.05, 4.69) is 12.6 Å². The zero-order chi connectivity index (χ0) is 23.7. The molecule has 0 aliphatic carbocycles. The van der Waals surface area contributed by atoms with Gasteiger partial charge in [0.05, 0.1) is 26.0 Å². The van der Waals surface area contributed by atoms with Crippen LogP contribution in [0.2, 0.25) is 5.02 Å². The fourth-order valence-electron chi connectivity index (χ4n) is 4.39. The Morgan fingerprint density at radius 1 is 1.06 bits per heavy atom. The van der Waals surface area contributed by atoms with Gasteiger partial charge < -0.3 is 18.9 Å². The van der Waals surface area contributed by atoms with Crippen LogP contribution in [0.3, 0.4) is 0 Å². The lowest BCUT2D eigenvalue weighted by Gasteiger charge is -2.38. The minimum atomic E-state index is -0.471. The Hall–Kier alpha value is -3.64. The largest absolute Gasteiger partial charge is 0.493 e. The Bertz CT molecular complexity index is 1240. The van der Waals surface area contributed by atoms with Crippen molar-refractivity contribution in [3.05, 3.63) is 95.0 Å². The molecular weight excluding hydrogens is 452 g/mol. The number of rotatable bonds is 7. The minimum Gasteiger partial charge on any atom is -0.493 e. The first-order chi connectivity index (χ1) is 16.6. The van der Waals surface area contributed by atoms with E-state index in [9.17, 15) is 0 Å². The average molecular weight is 477 g/mol. The molecule has 0 aromatic heterocycles. The van der Waals surface area contributed by atoms with Crippen molar-refractivity contribution < 1.29 is 18.9 Å².